The number of benzene rings is 1. The van der Waals surface area contributed by atoms with Gasteiger partial charge in [0.15, 0.2) is 0 Å². The first-order chi connectivity index (χ1) is 10.7. The van der Waals surface area contributed by atoms with Gasteiger partial charge in [-0.05, 0) is 30.9 Å². The summed E-state index contributed by atoms with van der Waals surface area (Å²) in [4.78, 5) is 14.7. The molecule has 0 amide bonds. The molecule has 3 heteroatoms. The molecule has 1 aromatic heterocycles. The van der Waals surface area contributed by atoms with Crippen molar-refractivity contribution in [2.75, 3.05) is 13.1 Å². The van der Waals surface area contributed by atoms with E-state index in [0.29, 0.717) is 11.9 Å². The lowest BCUT2D eigenvalue weighted by molar-refractivity contribution is -0.949. The quantitative estimate of drug-likeness (QED) is 0.859. The fraction of sp³-hybridized carbons (Fsp3) is 0.526. The van der Waals surface area contributed by atoms with Gasteiger partial charge in [-0.25, -0.2) is 0 Å². The molecule has 1 saturated heterocycles. The number of quaternary nitrogens is 1. The van der Waals surface area contributed by atoms with Crippen molar-refractivity contribution in [1.82, 2.24) is 4.57 Å². The van der Waals surface area contributed by atoms with E-state index in [-0.39, 0.29) is 5.41 Å². The topological polar surface area (TPSA) is 26.4 Å². The number of nitrogens with zero attached hydrogens (tertiary/aromatic N) is 1. The number of rotatable bonds is 1. The number of carbonyl (C=O) groups excluding carboxylic acids is 1. The SMILES string of the molecule is CC[C@@]12CCC[NH+]3CCc4c(n(c5ccccc45)C(=O)C1)[C@H]32. The number of carbonyl (C=O) groups is 1. The molecule has 1 fully saturated rings. The molecule has 4 heterocycles. The van der Waals surface area contributed by atoms with Crippen molar-refractivity contribution >= 4 is 16.8 Å². The number of fused-ring (bicyclic) bond motifs is 3. The van der Waals surface area contributed by atoms with Gasteiger partial charge in [-0.2, -0.15) is 0 Å². The van der Waals surface area contributed by atoms with Crippen molar-refractivity contribution in [1.29, 1.82) is 0 Å². The van der Waals surface area contributed by atoms with Gasteiger partial charge in [0.05, 0.1) is 24.3 Å². The minimum absolute atomic E-state index is 0.213. The van der Waals surface area contributed by atoms with Crippen LogP contribution in [-0.4, -0.2) is 23.6 Å². The largest absolute Gasteiger partial charge is 0.327 e. The van der Waals surface area contributed by atoms with Crippen LogP contribution in [0.4, 0.5) is 0 Å². The Balaban J connectivity index is 1.88. The minimum atomic E-state index is 0.213. The predicted molar refractivity (Wildman–Crippen MR) is 86.3 cm³/mol. The highest BCUT2D eigenvalue weighted by Crippen LogP contribution is 2.51. The van der Waals surface area contributed by atoms with Gasteiger partial charge < -0.3 is 4.90 Å². The summed E-state index contributed by atoms with van der Waals surface area (Å²) in [5.74, 6) is 0.332. The van der Waals surface area contributed by atoms with Crippen LogP contribution >= 0.6 is 0 Å². The van der Waals surface area contributed by atoms with E-state index in [1.807, 2.05) is 0 Å². The average molecular weight is 295 g/mol. The molecule has 2 aromatic rings. The second kappa shape index (κ2) is 4.23. The lowest BCUT2D eigenvalue weighted by Crippen LogP contribution is -3.16. The maximum Gasteiger partial charge on any atom is 0.232 e. The Hall–Kier alpha value is -1.61. The smallest absolute Gasteiger partial charge is 0.232 e. The van der Waals surface area contributed by atoms with Crippen LogP contribution in [0.2, 0.25) is 0 Å². The van der Waals surface area contributed by atoms with Crippen LogP contribution in [0.25, 0.3) is 10.9 Å². The molecule has 3 aliphatic rings. The highest BCUT2D eigenvalue weighted by atomic mass is 16.2. The summed E-state index contributed by atoms with van der Waals surface area (Å²) in [6, 6.07) is 9.07. The van der Waals surface area contributed by atoms with Crippen molar-refractivity contribution in [2.24, 2.45) is 5.41 Å². The summed E-state index contributed by atoms with van der Waals surface area (Å²) in [6.07, 6.45) is 5.51. The van der Waals surface area contributed by atoms with Crippen LogP contribution in [0.5, 0.6) is 0 Å². The van der Waals surface area contributed by atoms with Crippen LogP contribution in [0.3, 0.4) is 0 Å². The first-order valence-electron chi connectivity index (χ1n) is 8.75. The molecule has 1 aromatic carbocycles. The zero-order chi connectivity index (χ0) is 14.9. The summed E-state index contributed by atoms with van der Waals surface area (Å²) in [5, 5.41) is 1.32. The van der Waals surface area contributed by atoms with Gasteiger partial charge in [-0.1, -0.05) is 25.1 Å². The fourth-order valence-electron chi connectivity index (χ4n) is 5.67. The van der Waals surface area contributed by atoms with Crippen LogP contribution < -0.4 is 4.90 Å². The second-order valence-corrected chi connectivity index (χ2v) is 7.45. The van der Waals surface area contributed by atoms with Crippen LogP contribution in [0, 0.1) is 5.41 Å². The third kappa shape index (κ3) is 1.38. The molecular formula is C19H23N2O+. The molecule has 0 radical (unpaired) electrons. The maximum atomic E-state index is 13.0. The monoisotopic (exact) mass is 295 g/mol. The normalized spacial score (nSPS) is 33.0. The molecule has 0 aliphatic carbocycles. The summed E-state index contributed by atoms with van der Waals surface area (Å²) < 4.78 is 2.09. The fourth-order valence-corrected chi connectivity index (χ4v) is 5.67. The van der Waals surface area contributed by atoms with Gasteiger partial charge in [0, 0.05) is 23.6 Å². The summed E-state index contributed by atoms with van der Waals surface area (Å²) in [7, 11) is 0. The Kier molecular flexibility index (Phi) is 2.48. The number of nitrogens with one attached hydrogen (secondary N) is 1. The Morgan fingerprint density at radius 2 is 2.18 bits per heavy atom. The van der Waals surface area contributed by atoms with E-state index in [0.717, 1.165) is 24.8 Å². The van der Waals surface area contributed by atoms with Crippen molar-refractivity contribution < 1.29 is 9.69 Å². The van der Waals surface area contributed by atoms with E-state index < -0.39 is 0 Å². The third-order valence-electron chi connectivity index (χ3n) is 6.64. The van der Waals surface area contributed by atoms with Crippen molar-refractivity contribution in [3.63, 3.8) is 0 Å². The molecule has 1 unspecified atom stereocenters. The van der Waals surface area contributed by atoms with E-state index in [1.54, 1.807) is 4.90 Å². The van der Waals surface area contributed by atoms with Crippen LogP contribution in [0.1, 0.15) is 54.7 Å². The van der Waals surface area contributed by atoms with E-state index in [9.17, 15) is 4.79 Å². The number of aromatic nitrogens is 1. The lowest BCUT2D eigenvalue weighted by atomic mass is 9.64. The Morgan fingerprint density at radius 1 is 1.32 bits per heavy atom. The zero-order valence-electron chi connectivity index (χ0n) is 13.2. The van der Waals surface area contributed by atoms with E-state index in [2.05, 4.69) is 35.8 Å². The van der Waals surface area contributed by atoms with Crippen molar-refractivity contribution in [3.8, 4) is 0 Å². The summed E-state index contributed by atoms with van der Waals surface area (Å²) >= 11 is 0. The number of para-hydroxylation sites is 1. The molecule has 0 saturated carbocycles. The maximum absolute atomic E-state index is 13.0. The van der Waals surface area contributed by atoms with E-state index in [4.69, 9.17) is 0 Å². The van der Waals surface area contributed by atoms with Crippen molar-refractivity contribution in [3.05, 3.63) is 35.5 Å². The summed E-state index contributed by atoms with van der Waals surface area (Å²) in [5.41, 5.74) is 4.20. The van der Waals surface area contributed by atoms with E-state index in [1.165, 1.54) is 42.6 Å². The zero-order valence-corrected chi connectivity index (χ0v) is 13.2. The minimum Gasteiger partial charge on any atom is -0.327 e. The Labute approximate surface area is 130 Å². The molecule has 1 N–H and O–H groups in total. The predicted octanol–water partition coefficient (Wildman–Crippen LogP) is 2.36. The first kappa shape index (κ1) is 12.9. The van der Waals surface area contributed by atoms with Gasteiger partial charge in [0.25, 0.3) is 0 Å². The third-order valence-corrected chi connectivity index (χ3v) is 6.64. The molecule has 0 spiro atoms. The average Bonchev–Trinajstić information content (AvgIpc) is 2.89. The molecule has 5 rings (SSSR count). The van der Waals surface area contributed by atoms with Gasteiger partial charge in [-0.3, -0.25) is 9.36 Å². The van der Waals surface area contributed by atoms with Gasteiger partial charge in [0.2, 0.25) is 5.91 Å². The molecule has 22 heavy (non-hydrogen) atoms. The highest BCUT2D eigenvalue weighted by Gasteiger charge is 2.55. The number of hydrogen-bond donors (Lipinski definition) is 1. The standard InChI is InChI=1S/C19H22N2O/c1-2-19-9-5-10-20-11-8-14-13-6-3-4-7-15(13)21(16(22)12-19)17(14)18(19)20/h3-4,6-7,18H,2,5,8-12H2,1H3/p+1/t18-,19+/m0/s1. The van der Waals surface area contributed by atoms with Crippen LogP contribution in [-0.2, 0) is 6.42 Å². The molecular weight excluding hydrogens is 272 g/mol. The highest BCUT2D eigenvalue weighted by molar-refractivity contribution is 5.97. The van der Waals surface area contributed by atoms with Crippen LogP contribution in [0.15, 0.2) is 24.3 Å². The Bertz CT molecular complexity index is 790. The van der Waals surface area contributed by atoms with Crippen molar-refractivity contribution in [2.45, 2.75) is 45.1 Å². The van der Waals surface area contributed by atoms with Gasteiger partial charge in [0.1, 0.15) is 6.04 Å². The molecule has 3 nitrogen and oxygen atoms in total. The Morgan fingerprint density at radius 3 is 3.05 bits per heavy atom. The number of piperidine rings is 1. The lowest BCUT2D eigenvalue weighted by Gasteiger charge is -2.51. The second-order valence-electron chi connectivity index (χ2n) is 7.45. The van der Waals surface area contributed by atoms with Gasteiger partial charge >= 0.3 is 0 Å². The first-order valence-corrected chi connectivity index (χ1v) is 8.75. The molecule has 0 bridgehead atoms. The summed E-state index contributed by atoms with van der Waals surface area (Å²) in [6.45, 7) is 4.81. The molecule has 3 atom stereocenters. The number of hydrogen-bond acceptors (Lipinski definition) is 1. The molecule has 114 valence electrons. The van der Waals surface area contributed by atoms with E-state index >= 15 is 0 Å². The van der Waals surface area contributed by atoms with Gasteiger partial charge in [-0.15, -0.1) is 0 Å². The molecule has 3 aliphatic heterocycles.